The molecule has 0 saturated heterocycles. The van der Waals surface area contributed by atoms with Gasteiger partial charge in [-0.05, 0) is 57.3 Å². The monoisotopic (exact) mass is 392 g/mol. The zero-order valence-electron chi connectivity index (χ0n) is 15.5. The van der Waals surface area contributed by atoms with Crippen molar-refractivity contribution < 1.29 is 8.85 Å². The van der Waals surface area contributed by atoms with Crippen LogP contribution in [0.5, 0.6) is 0 Å². The summed E-state index contributed by atoms with van der Waals surface area (Å²) in [6.07, 6.45) is -0.190. The van der Waals surface area contributed by atoms with Crippen LogP contribution >= 0.6 is 23.2 Å². The van der Waals surface area contributed by atoms with E-state index in [1.807, 2.05) is 12.1 Å². The van der Waals surface area contributed by atoms with Crippen LogP contribution in [0.1, 0.15) is 25.5 Å². The van der Waals surface area contributed by atoms with E-state index in [-0.39, 0.29) is 12.2 Å². The van der Waals surface area contributed by atoms with E-state index < -0.39 is 16.6 Å². The Morgan fingerprint density at radius 3 is 1.78 bits per heavy atom. The van der Waals surface area contributed by atoms with Crippen LogP contribution in [0.3, 0.4) is 0 Å². The van der Waals surface area contributed by atoms with Gasteiger partial charge in [0.25, 0.3) is 0 Å². The molecule has 23 heavy (non-hydrogen) atoms. The molecule has 6 heteroatoms. The van der Waals surface area contributed by atoms with Gasteiger partial charge in [-0.25, -0.2) is 0 Å². The maximum absolute atomic E-state index is 6.52. The quantitative estimate of drug-likeness (QED) is 0.476. The van der Waals surface area contributed by atoms with Gasteiger partial charge in [0, 0.05) is 15.6 Å². The average molecular weight is 394 g/mol. The summed E-state index contributed by atoms with van der Waals surface area (Å²) in [6, 6.07) is 5.62. The van der Waals surface area contributed by atoms with Crippen LogP contribution in [-0.2, 0) is 8.85 Å². The molecule has 2 atom stereocenters. The molecule has 0 radical (unpaired) electrons. The Hall–Kier alpha value is 0.154. The molecule has 0 unspecified atom stereocenters. The smallest absolute Gasteiger partial charge is 0.184 e. The van der Waals surface area contributed by atoms with Crippen LogP contribution in [0.2, 0.25) is 49.3 Å². The molecule has 1 aromatic rings. The minimum Gasteiger partial charge on any atom is -0.412 e. The number of rotatable bonds is 7. The van der Waals surface area contributed by atoms with E-state index in [1.165, 1.54) is 0 Å². The Bertz CT molecular complexity index is 522. The molecule has 0 aliphatic rings. The van der Waals surface area contributed by atoms with E-state index in [1.54, 1.807) is 6.07 Å². The third-order valence-electron chi connectivity index (χ3n) is 3.19. The minimum atomic E-state index is -1.78. The molecular weight excluding hydrogens is 363 g/mol. The van der Waals surface area contributed by atoms with Crippen molar-refractivity contribution in [1.29, 1.82) is 0 Å². The van der Waals surface area contributed by atoms with Gasteiger partial charge in [-0.1, -0.05) is 43.1 Å². The first-order chi connectivity index (χ1) is 10.3. The van der Waals surface area contributed by atoms with Crippen LogP contribution in [0.15, 0.2) is 18.2 Å². The van der Waals surface area contributed by atoms with E-state index in [9.17, 15) is 0 Å². The van der Waals surface area contributed by atoms with Crippen molar-refractivity contribution in [2.45, 2.75) is 65.3 Å². The predicted octanol–water partition coefficient (Wildman–Crippen LogP) is 6.76. The number of hydrogen-bond acceptors (Lipinski definition) is 2. The highest BCUT2D eigenvalue weighted by atomic mass is 35.5. The second kappa shape index (κ2) is 8.02. The van der Waals surface area contributed by atoms with Crippen LogP contribution < -0.4 is 0 Å². The van der Waals surface area contributed by atoms with Crippen LogP contribution in [0, 0.1) is 5.92 Å². The molecule has 0 fully saturated rings. The molecule has 0 aromatic heterocycles. The second-order valence-electron chi connectivity index (χ2n) is 8.26. The summed E-state index contributed by atoms with van der Waals surface area (Å²) in [4.78, 5) is 0. The van der Waals surface area contributed by atoms with Crippen molar-refractivity contribution in [3.8, 4) is 0 Å². The van der Waals surface area contributed by atoms with Crippen molar-refractivity contribution >= 4 is 39.8 Å². The van der Waals surface area contributed by atoms with Gasteiger partial charge in [-0.15, -0.1) is 0 Å². The fraction of sp³-hybridized carbons (Fsp3) is 0.647. The Morgan fingerprint density at radius 1 is 0.870 bits per heavy atom. The van der Waals surface area contributed by atoms with E-state index >= 15 is 0 Å². The summed E-state index contributed by atoms with van der Waals surface area (Å²) >= 11 is 12.5. The molecule has 0 N–H and O–H groups in total. The summed E-state index contributed by atoms with van der Waals surface area (Å²) in [5.74, 6) is 0.329. The molecular formula is C17H30Cl2O2Si2. The van der Waals surface area contributed by atoms with Gasteiger partial charge in [0.15, 0.2) is 16.6 Å². The third-order valence-corrected chi connectivity index (χ3v) is 5.70. The Morgan fingerprint density at radius 2 is 1.39 bits per heavy atom. The lowest BCUT2D eigenvalue weighted by molar-refractivity contribution is 0.0140. The summed E-state index contributed by atoms with van der Waals surface area (Å²) in [5, 5.41) is 1.28. The summed E-state index contributed by atoms with van der Waals surface area (Å²) in [5.41, 5.74) is 0.968. The lowest BCUT2D eigenvalue weighted by Crippen LogP contribution is -2.42. The Balaban J connectivity index is 3.31. The zero-order chi connectivity index (χ0) is 18.0. The molecule has 0 amide bonds. The summed E-state index contributed by atoms with van der Waals surface area (Å²) in [7, 11) is -3.50. The maximum atomic E-state index is 6.52. The third kappa shape index (κ3) is 7.28. The topological polar surface area (TPSA) is 18.5 Å². The zero-order valence-corrected chi connectivity index (χ0v) is 19.0. The second-order valence-corrected chi connectivity index (χ2v) is 18.0. The van der Waals surface area contributed by atoms with Gasteiger partial charge in [0.2, 0.25) is 0 Å². The van der Waals surface area contributed by atoms with Crippen molar-refractivity contribution in [3.63, 3.8) is 0 Å². The minimum absolute atomic E-state index is 0.0212. The fourth-order valence-corrected chi connectivity index (χ4v) is 5.13. The van der Waals surface area contributed by atoms with Crippen molar-refractivity contribution in [2.75, 3.05) is 0 Å². The van der Waals surface area contributed by atoms with Crippen molar-refractivity contribution in [1.82, 2.24) is 0 Å². The largest absolute Gasteiger partial charge is 0.412 e. The van der Waals surface area contributed by atoms with Gasteiger partial charge in [0.05, 0.1) is 12.2 Å². The van der Waals surface area contributed by atoms with Crippen LogP contribution in [0.25, 0.3) is 0 Å². The molecule has 1 rings (SSSR count). The van der Waals surface area contributed by atoms with E-state index in [4.69, 9.17) is 32.1 Å². The summed E-state index contributed by atoms with van der Waals surface area (Å²) in [6.45, 7) is 17.5. The highest BCUT2D eigenvalue weighted by Gasteiger charge is 2.36. The predicted molar refractivity (Wildman–Crippen MR) is 107 cm³/mol. The SMILES string of the molecule is CC(C)[C@@H](O[Si](C)(C)C)[C@H](O[Si](C)(C)C)c1ccc(Cl)cc1Cl. The van der Waals surface area contributed by atoms with Gasteiger partial charge >= 0.3 is 0 Å². The number of hydrogen-bond donors (Lipinski definition) is 0. The highest BCUT2D eigenvalue weighted by Crippen LogP contribution is 2.37. The Kier molecular flexibility index (Phi) is 7.39. The van der Waals surface area contributed by atoms with Gasteiger partial charge in [0.1, 0.15) is 0 Å². The van der Waals surface area contributed by atoms with Crippen LogP contribution in [-0.4, -0.2) is 22.7 Å². The lowest BCUT2D eigenvalue weighted by Gasteiger charge is -2.38. The van der Waals surface area contributed by atoms with Gasteiger partial charge < -0.3 is 8.85 Å². The number of benzene rings is 1. The first-order valence-electron chi connectivity index (χ1n) is 8.11. The van der Waals surface area contributed by atoms with Crippen molar-refractivity contribution in [3.05, 3.63) is 33.8 Å². The first kappa shape index (κ1) is 21.2. The Labute approximate surface area is 153 Å². The highest BCUT2D eigenvalue weighted by molar-refractivity contribution is 6.70. The number of halogens is 2. The molecule has 0 spiro atoms. The molecule has 0 heterocycles. The van der Waals surface area contributed by atoms with E-state index in [0.29, 0.717) is 16.0 Å². The molecule has 1 aromatic carbocycles. The normalized spacial score (nSPS) is 15.8. The van der Waals surface area contributed by atoms with E-state index in [2.05, 4.69) is 53.1 Å². The maximum Gasteiger partial charge on any atom is 0.184 e. The average Bonchev–Trinajstić information content (AvgIpc) is 2.31. The summed E-state index contributed by atoms with van der Waals surface area (Å²) < 4.78 is 13.0. The van der Waals surface area contributed by atoms with Crippen molar-refractivity contribution in [2.24, 2.45) is 5.92 Å². The molecule has 0 aliphatic carbocycles. The molecule has 132 valence electrons. The standard InChI is InChI=1S/C17H30Cl2O2Si2/c1-12(2)16(20-22(3,4)5)17(21-23(6,7)8)14-10-9-13(18)11-15(14)19/h9-12,16-17H,1-8H3/t16-,17-/m1/s1. The van der Waals surface area contributed by atoms with E-state index in [0.717, 1.165) is 5.56 Å². The van der Waals surface area contributed by atoms with Crippen LogP contribution in [0.4, 0.5) is 0 Å². The molecule has 2 nitrogen and oxygen atoms in total. The lowest BCUT2D eigenvalue weighted by atomic mass is 9.96. The van der Waals surface area contributed by atoms with Gasteiger partial charge in [-0.2, -0.15) is 0 Å². The van der Waals surface area contributed by atoms with Gasteiger partial charge in [-0.3, -0.25) is 0 Å². The molecule has 0 aliphatic heterocycles. The fourth-order valence-electron chi connectivity index (χ4n) is 2.38. The molecule has 0 saturated carbocycles. The molecule has 0 bridgehead atoms. The first-order valence-corrected chi connectivity index (χ1v) is 15.7.